The van der Waals surface area contributed by atoms with Crippen LogP contribution in [0.25, 0.3) is 0 Å². The summed E-state index contributed by atoms with van der Waals surface area (Å²) in [7, 11) is 1.48. The van der Waals surface area contributed by atoms with E-state index in [1.807, 2.05) is 0 Å². The number of carbonyl (C=O) groups is 2. The minimum atomic E-state index is -0.878. The molecule has 1 aliphatic heterocycles. The molecule has 1 amide bonds. The summed E-state index contributed by atoms with van der Waals surface area (Å²) in [6.45, 7) is 0.586. The lowest BCUT2D eigenvalue weighted by Gasteiger charge is -2.35. The Labute approximate surface area is 117 Å². The first kappa shape index (κ1) is 14.3. The highest BCUT2D eigenvalue weighted by Crippen LogP contribution is 2.25. The lowest BCUT2D eigenvalue weighted by molar-refractivity contribution is -0.138. The number of hydrogen-bond acceptors (Lipinski definition) is 4. The van der Waals surface area contributed by atoms with E-state index in [-0.39, 0.29) is 18.4 Å². The van der Waals surface area contributed by atoms with Crippen LogP contribution in [0.2, 0.25) is 0 Å². The molecule has 108 valence electrons. The number of rotatable bonds is 4. The van der Waals surface area contributed by atoms with Crippen LogP contribution in [0.5, 0.6) is 5.75 Å². The fourth-order valence-corrected chi connectivity index (χ4v) is 2.56. The third-order valence-electron chi connectivity index (χ3n) is 3.53. The van der Waals surface area contributed by atoms with Crippen LogP contribution < -0.4 is 4.74 Å². The average molecular weight is 278 g/mol. The van der Waals surface area contributed by atoms with Gasteiger partial charge in [0.15, 0.2) is 0 Å². The summed E-state index contributed by atoms with van der Waals surface area (Å²) in [6, 6.07) is 1.36. The van der Waals surface area contributed by atoms with Gasteiger partial charge in [-0.05, 0) is 25.3 Å². The maximum absolute atomic E-state index is 12.6. The van der Waals surface area contributed by atoms with Crippen molar-refractivity contribution in [3.8, 4) is 5.75 Å². The van der Waals surface area contributed by atoms with E-state index in [1.54, 1.807) is 11.0 Å². The molecule has 0 bridgehead atoms. The van der Waals surface area contributed by atoms with Crippen molar-refractivity contribution in [2.24, 2.45) is 0 Å². The van der Waals surface area contributed by atoms with Crippen LogP contribution in [0.4, 0.5) is 0 Å². The Hall–Kier alpha value is -2.11. The molecular weight excluding hydrogens is 260 g/mol. The van der Waals surface area contributed by atoms with Crippen molar-refractivity contribution in [2.75, 3.05) is 13.7 Å². The molecule has 1 aromatic rings. The molecule has 2 heterocycles. The SMILES string of the molecule is COc1cnccc1C(=O)N1CCCCC1CC(=O)O. The first-order valence-corrected chi connectivity index (χ1v) is 6.64. The van der Waals surface area contributed by atoms with E-state index in [0.717, 1.165) is 19.3 Å². The van der Waals surface area contributed by atoms with Crippen LogP contribution >= 0.6 is 0 Å². The fraction of sp³-hybridized carbons (Fsp3) is 0.500. The predicted molar refractivity (Wildman–Crippen MR) is 71.7 cm³/mol. The molecule has 6 heteroatoms. The van der Waals surface area contributed by atoms with Gasteiger partial charge >= 0.3 is 5.97 Å². The molecule has 1 aliphatic rings. The molecule has 1 fully saturated rings. The highest BCUT2D eigenvalue weighted by atomic mass is 16.5. The number of nitrogens with zero attached hydrogens (tertiary/aromatic N) is 2. The Morgan fingerprint density at radius 1 is 1.50 bits per heavy atom. The normalized spacial score (nSPS) is 18.6. The van der Waals surface area contributed by atoms with Gasteiger partial charge in [-0.2, -0.15) is 0 Å². The number of carboxylic acid groups (broad SMARTS) is 1. The van der Waals surface area contributed by atoms with Gasteiger partial charge in [-0.1, -0.05) is 0 Å². The van der Waals surface area contributed by atoms with Gasteiger partial charge in [0.2, 0.25) is 0 Å². The number of carbonyl (C=O) groups excluding carboxylic acids is 1. The van der Waals surface area contributed by atoms with Gasteiger partial charge in [0, 0.05) is 18.8 Å². The molecule has 1 unspecified atom stereocenters. The molecule has 1 saturated heterocycles. The van der Waals surface area contributed by atoms with E-state index in [1.165, 1.54) is 19.5 Å². The van der Waals surface area contributed by atoms with Crippen molar-refractivity contribution in [3.05, 3.63) is 24.0 Å². The second kappa shape index (κ2) is 6.36. The van der Waals surface area contributed by atoms with E-state index in [0.29, 0.717) is 17.9 Å². The van der Waals surface area contributed by atoms with Crippen molar-refractivity contribution >= 4 is 11.9 Å². The molecule has 2 rings (SSSR count). The molecular formula is C14H18N2O4. The quantitative estimate of drug-likeness (QED) is 0.904. The van der Waals surface area contributed by atoms with E-state index < -0.39 is 5.97 Å². The van der Waals surface area contributed by atoms with Gasteiger partial charge in [-0.3, -0.25) is 14.6 Å². The van der Waals surface area contributed by atoms with Gasteiger partial charge in [-0.25, -0.2) is 0 Å². The zero-order chi connectivity index (χ0) is 14.5. The van der Waals surface area contributed by atoms with E-state index >= 15 is 0 Å². The molecule has 0 aromatic carbocycles. The van der Waals surface area contributed by atoms with Gasteiger partial charge in [0.25, 0.3) is 5.91 Å². The number of aliphatic carboxylic acids is 1. The summed E-state index contributed by atoms with van der Waals surface area (Å²) in [4.78, 5) is 29.1. The molecule has 0 spiro atoms. The summed E-state index contributed by atoms with van der Waals surface area (Å²) >= 11 is 0. The molecule has 0 radical (unpaired) electrons. The number of carboxylic acids is 1. The Balaban J connectivity index is 2.23. The molecule has 1 atom stereocenters. The fourth-order valence-electron chi connectivity index (χ4n) is 2.56. The second-order valence-corrected chi connectivity index (χ2v) is 4.82. The Kier molecular flexibility index (Phi) is 4.55. The number of piperidine rings is 1. The summed E-state index contributed by atoms with van der Waals surface area (Å²) < 4.78 is 5.15. The number of amides is 1. The van der Waals surface area contributed by atoms with Crippen LogP contribution in [0.15, 0.2) is 18.5 Å². The van der Waals surface area contributed by atoms with Crippen molar-refractivity contribution in [1.29, 1.82) is 0 Å². The van der Waals surface area contributed by atoms with Crippen LogP contribution in [-0.4, -0.2) is 46.6 Å². The topological polar surface area (TPSA) is 79.7 Å². The highest BCUT2D eigenvalue weighted by Gasteiger charge is 2.30. The van der Waals surface area contributed by atoms with Crippen molar-refractivity contribution in [1.82, 2.24) is 9.88 Å². The number of aromatic nitrogens is 1. The molecule has 20 heavy (non-hydrogen) atoms. The van der Waals surface area contributed by atoms with Gasteiger partial charge in [-0.15, -0.1) is 0 Å². The predicted octanol–water partition coefficient (Wildman–Crippen LogP) is 1.56. The molecule has 0 aliphatic carbocycles. The second-order valence-electron chi connectivity index (χ2n) is 4.82. The van der Waals surface area contributed by atoms with Crippen LogP contribution in [-0.2, 0) is 4.79 Å². The smallest absolute Gasteiger partial charge is 0.305 e. The van der Waals surface area contributed by atoms with Crippen LogP contribution in [0, 0.1) is 0 Å². The lowest BCUT2D eigenvalue weighted by Crippen LogP contribution is -2.44. The minimum Gasteiger partial charge on any atom is -0.494 e. The van der Waals surface area contributed by atoms with E-state index in [9.17, 15) is 9.59 Å². The maximum atomic E-state index is 12.6. The Morgan fingerprint density at radius 2 is 2.30 bits per heavy atom. The monoisotopic (exact) mass is 278 g/mol. The average Bonchev–Trinajstić information content (AvgIpc) is 2.46. The van der Waals surface area contributed by atoms with Crippen LogP contribution in [0.3, 0.4) is 0 Å². The zero-order valence-corrected chi connectivity index (χ0v) is 11.4. The van der Waals surface area contributed by atoms with Crippen molar-refractivity contribution in [2.45, 2.75) is 31.7 Å². The number of ether oxygens (including phenoxy) is 1. The van der Waals surface area contributed by atoms with Gasteiger partial charge < -0.3 is 14.7 Å². The summed E-state index contributed by atoms with van der Waals surface area (Å²) in [5, 5.41) is 8.96. The van der Waals surface area contributed by atoms with E-state index in [4.69, 9.17) is 9.84 Å². The summed E-state index contributed by atoms with van der Waals surface area (Å²) in [6.07, 6.45) is 5.59. The number of hydrogen-bond donors (Lipinski definition) is 1. The molecule has 6 nitrogen and oxygen atoms in total. The molecule has 1 aromatic heterocycles. The van der Waals surface area contributed by atoms with Gasteiger partial charge in [0.05, 0.1) is 25.3 Å². The van der Waals surface area contributed by atoms with E-state index in [2.05, 4.69) is 4.98 Å². The van der Waals surface area contributed by atoms with Crippen molar-refractivity contribution < 1.29 is 19.4 Å². The lowest BCUT2D eigenvalue weighted by atomic mass is 9.98. The summed E-state index contributed by atoms with van der Waals surface area (Å²) in [5.74, 6) is -0.649. The first-order chi connectivity index (χ1) is 9.63. The molecule has 1 N–H and O–H groups in total. The minimum absolute atomic E-state index is 0.0147. The summed E-state index contributed by atoms with van der Waals surface area (Å²) in [5.41, 5.74) is 0.430. The third kappa shape index (κ3) is 3.07. The maximum Gasteiger partial charge on any atom is 0.305 e. The number of pyridine rings is 1. The van der Waals surface area contributed by atoms with Crippen molar-refractivity contribution in [3.63, 3.8) is 0 Å². The Morgan fingerprint density at radius 3 is 3.00 bits per heavy atom. The molecule has 0 saturated carbocycles. The standard InChI is InChI=1S/C14H18N2O4/c1-20-12-9-15-6-5-11(12)14(19)16-7-3-2-4-10(16)8-13(17)18/h5-6,9-10H,2-4,7-8H2,1H3,(H,17,18). The number of likely N-dealkylation sites (tertiary alicyclic amines) is 1. The zero-order valence-electron chi connectivity index (χ0n) is 11.4. The largest absolute Gasteiger partial charge is 0.494 e. The first-order valence-electron chi connectivity index (χ1n) is 6.64. The highest BCUT2D eigenvalue weighted by molar-refractivity contribution is 5.97. The van der Waals surface area contributed by atoms with Gasteiger partial charge in [0.1, 0.15) is 5.75 Å². The Bertz CT molecular complexity index is 504. The number of methoxy groups -OCH3 is 1. The van der Waals surface area contributed by atoms with Crippen LogP contribution in [0.1, 0.15) is 36.0 Å². The third-order valence-corrected chi connectivity index (χ3v) is 3.53.